The molecule has 0 radical (unpaired) electrons. The molecule has 0 aromatic heterocycles. The second kappa shape index (κ2) is 10.0. The average molecular weight is 516 g/mol. The zero-order valence-electron chi connectivity index (χ0n) is 18.7. The van der Waals surface area contributed by atoms with Crippen molar-refractivity contribution >= 4 is 11.6 Å². The van der Waals surface area contributed by atoms with E-state index >= 15 is 0 Å². The highest BCUT2D eigenvalue weighted by Gasteiger charge is 2.55. The van der Waals surface area contributed by atoms with Gasteiger partial charge in [-0.15, -0.1) is 11.6 Å². The number of piperidine rings is 1. The van der Waals surface area contributed by atoms with Crippen molar-refractivity contribution in [2.45, 2.75) is 62.3 Å². The molecule has 0 amide bonds. The third-order valence-electron chi connectivity index (χ3n) is 6.92. The van der Waals surface area contributed by atoms with Gasteiger partial charge in [0.2, 0.25) is 0 Å². The van der Waals surface area contributed by atoms with E-state index in [1.807, 2.05) is 30.3 Å². The summed E-state index contributed by atoms with van der Waals surface area (Å²) in [5.41, 5.74) is -2.42. The van der Waals surface area contributed by atoms with Crippen LogP contribution < -0.4 is 0 Å². The summed E-state index contributed by atoms with van der Waals surface area (Å²) in [6.07, 6.45) is -7.12. The van der Waals surface area contributed by atoms with E-state index in [9.17, 15) is 26.3 Å². The molecule has 4 rings (SSSR count). The lowest BCUT2D eigenvalue weighted by molar-refractivity contribution is -0.143. The highest BCUT2D eigenvalue weighted by Crippen LogP contribution is 2.51. The number of rotatable bonds is 5. The Hall–Kier alpha value is -2.21. The maximum atomic E-state index is 13.3. The standard InChI is InChI=1S/C26H24ClF6NO/c27-12-4-5-13-34-22-8-9-23(24(34,11-10-22)19-6-2-1-3-7-19)35-17-18-14-20(25(28,29)30)16-21(15-18)26(31,32)33/h1-3,6-7,14-16,22-23H,8-13,17H2/t22-,23+,24+/m0/s1. The zero-order chi connectivity index (χ0) is 25.3. The third kappa shape index (κ3) is 5.32. The lowest BCUT2D eigenvalue weighted by Gasteiger charge is -2.49. The van der Waals surface area contributed by atoms with E-state index in [0.29, 0.717) is 13.0 Å². The van der Waals surface area contributed by atoms with Gasteiger partial charge in [0, 0.05) is 6.04 Å². The molecule has 3 atom stereocenters. The van der Waals surface area contributed by atoms with Crippen molar-refractivity contribution in [3.8, 4) is 11.8 Å². The maximum absolute atomic E-state index is 13.3. The van der Waals surface area contributed by atoms with Gasteiger partial charge in [0.25, 0.3) is 0 Å². The van der Waals surface area contributed by atoms with Gasteiger partial charge in [0.1, 0.15) is 0 Å². The first kappa shape index (κ1) is 25.9. The molecule has 0 spiro atoms. The summed E-state index contributed by atoms with van der Waals surface area (Å²) in [4.78, 5) is 2.27. The monoisotopic (exact) mass is 515 g/mol. The van der Waals surface area contributed by atoms with Gasteiger partial charge in [0.15, 0.2) is 0 Å². The minimum absolute atomic E-state index is 0.133. The molecule has 0 aliphatic carbocycles. The molecule has 9 heteroatoms. The lowest BCUT2D eigenvalue weighted by atomic mass is 9.79. The summed E-state index contributed by atoms with van der Waals surface area (Å²) in [6.45, 7) is 0.0893. The average Bonchev–Trinajstić information content (AvgIpc) is 3.06. The van der Waals surface area contributed by atoms with Crippen LogP contribution in [0.3, 0.4) is 0 Å². The normalized spacial score (nSPS) is 24.8. The number of benzene rings is 2. The van der Waals surface area contributed by atoms with Crippen LogP contribution >= 0.6 is 11.6 Å². The van der Waals surface area contributed by atoms with Crippen LogP contribution in [0, 0.1) is 11.8 Å². The minimum Gasteiger partial charge on any atom is -0.371 e. The highest BCUT2D eigenvalue weighted by molar-refractivity contribution is 6.19. The van der Waals surface area contributed by atoms with Gasteiger partial charge in [-0.05, 0) is 55.0 Å². The fourth-order valence-corrected chi connectivity index (χ4v) is 5.54. The summed E-state index contributed by atoms with van der Waals surface area (Å²) in [7, 11) is 0. The number of alkyl halides is 7. The summed E-state index contributed by atoms with van der Waals surface area (Å²) >= 11 is 5.72. The Morgan fingerprint density at radius 3 is 2.17 bits per heavy atom. The molecule has 2 nitrogen and oxygen atoms in total. The molecular formula is C26H24ClF6NO. The molecule has 188 valence electrons. The predicted octanol–water partition coefficient (Wildman–Crippen LogP) is 7.01. The molecule has 0 N–H and O–H groups in total. The van der Waals surface area contributed by atoms with Crippen molar-refractivity contribution in [2.75, 3.05) is 12.4 Å². The Morgan fingerprint density at radius 1 is 0.914 bits per heavy atom. The number of ether oxygens (including phenoxy) is 1. The molecule has 0 saturated carbocycles. The Kier molecular flexibility index (Phi) is 7.42. The number of halogens is 7. The van der Waals surface area contributed by atoms with Crippen molar-refractivity contribution in [3.05, 3.63) is 70.8 Å². The van der Waals surface area contributed by atoms with Gasteiger partial charge < -0.3 is 4.74 Å². The van der Waals surface area contributed by atoms with E-state index in [-0.39, 0.29) is 30.2 Å². The van der Waals surface area contributed by atoms with E-state index < -0.39 is 35.1 Å². The second-order valence-electron chi connectivity index (χ2n) is 8.89. The van der Waals surface area contributed by atoms with E-state index in [2.05, 4.69) is 16.7 Å². The number of hydrogen-bond acceptors (Lipinski definition) is 2. The Bertz CT molecular complexity index is 1060. The fourth-order valence-electron chi connectivity index (χ4n) is 5.44. The van der Waals surface area contributed by atoms with Crippen molar-refractivity contribution in [1.29, 1.82) is 0 Å². The summed E-state index contributed by atoms with van der Waals surface area (Å²) in [5.74, 6) is 6.15. The van der Waals surface area contributed by atoms with E-state index in [1.54, 1.807) is 0 Å². The van der Waals surface area contributed by atoms with Crippen LogP contribution in [0.25, 0.3) is 0 Å². The van der Waals surface area contributed by atoms with Gasteiger partial charge in [-0.1, -0.05) is 42.2 Å². The van der Waals surface area contributed by atoms with Crippen LogP contribution in [0.4, 0.5) is 26.3 Å². The first-order chi connectivity index (χ1) is 16.6. The van der Waals surface area contributed by atoms with Crippen LogP contribution in [0.1, 0.15) is 47.9 Å². The predicted molar refractivity (Wildman–Crippen MR) is 121 cm³/mol. The molecule has 2 saturated heterocycles. The molecule has 35 heavy (non-hydrogen) atoms. The van der Waals surface area contributed by atoms with E-state index in [0.717, 1.165) is 37.0 Å². The number of nitrogens with zero attached hydrogens (tertiary/aromatic N) is 1. The summed E-state index contributed by atoms with van der Waals surface area (Å²) < 4.78 is 86.0. The van der Waals surface area contributed by atoms with Crippen LogP contribution in [0.15, 0.2) is 48.5 Å². The van der Waals surface area contributed by atoms with E-state index in [4.69, 9.17) is 16.3 Å². The van der Waals surface area contributed by atoms with Crippen molar-refractivity contribution in [1.82, 2.24) is 4.90 Å². The van der Waals surface area contributed by atoms with Crippen LogP contribution in [0.2, 0.25) is 0 Å². The molecule has 2 bridgehead atoms. The second-order valence-corrected chi connectivity index (χ2v) is 9.16. The molecule has 2 aromatic rings. The van der Waals surface area contributed by atoms with Crippen molar-refractivity contribution in [3.63, 3.8) is 0 Å². The Balaban J connectivity index is 1.67. The lowest BCUT2D eigenvalue weighted by Crippen LogP contribution is -2.57. The van der Waals surface area contributed by atoms with Gasteiger partial charge in [-0.2, -0.15) is 26.3 Å². The summed E-state index contributed by atoms with van der Waals surface area (Å²) in [5, 5.41) is 0. The number of hydrogen-bond donors (Lipinski definition) is 0. The van der Waals surface area contributed by atoms with Gasteiger partial charge in [0.05, 0.1) is 41.8 Å². The largest absolute Gasteiger partial charge is 0.416 e. The van der Waals surface area contributed by atoms with Gasteiger partial charge in [-0.25, -0.2) is 0 Å². The fraction of sp³-hybridized carbons (Fsp3) is 0.462. The van der Waals surface area contributed by atoms with Crippen LogP contribution in [-0.2, 0) is 29.2 Å². The molecule has 0 unspecified atom stereocenters. The summed E-state index contributed by atoms with van der Waals surface area (Å²) in [6, 6.07) is 11.5. The zero-order valence-corrected chi connectivity index (χ0v) is 19.5. The molecule has 2 aliphatic rings. The smallest absolute Gasteiger partial charge is 0.371 e. The topological polar surface area (TPSA) is 12.5 Å². The van der Waals surface area contributed by atoms with Crippen LogP contribution in [0.5, 0.6) is 0 Å². The molecule has 2 aliphatic heterocycles. The SMILES string of the molecule is FC(F)(F)c1cc(CO[C@@H]2CC[C@H]3CC[C@]2(c2ccccc2)N3CC#CCCl)cc(C(F)(F)F)c1. The maximum Gasteiger partial charge on any atom is 0.416 e. The number of fused-ring (bicyclic) bond motifs is 2. The minimum atomic E-state index is -4.90. The van der Waals surface area contributed by atoms with Gasteiger partial charge in [-0.3, -0.25) is 4.90 Å². The first-order valence-corrected chi connectivity index (χ1v) is 11.8. The van der Waals surface area contributed by atoms with Crippen molar-refractivity contribution < 1.29 is 31.1 Å². The van der Waals surface area contributed by atoms with E-state index in [1.165, 1.54) is 0 Å². The first-order valence-electron chi connectivity index (χ1n) is 11.3. The molecule has 2 fully saturated rings. The molecule has 2 heterocycles. The molecular weight excluding hydrogens is 492 g/mol. The van der Waals surface area contributed by atoms with Crippen LogP contribution in [-0.4, -0.2) is 29.5 Å². The van der Waals surface area contributed by atoms with Crippen molar-refractivity contribution in [2.24, 2.45) is 0 Å². The quantitative estimate of drug-likeness (QED) is 0.241. The Morgan fingerprint density at radius 2 is 1.57 bits per heavy atom. The molecule has 2 aromatic carbocycles. The highest BCUT2D eigenvalue weighted by atomic mass is 35.5. The third-order valence-corrected chi connectivity index (χ3v) is 7.05. The Labute approximate surface area is 205 Å². The van der Waals surface area contributed by atoms with Gasteiger partial charge >= 0.3 is 12.4 Å².